The Bertz CT molecular complexity index is 582. The lowest BCUT2D eigenvalue weighted by molar-refractivity contribution is -0.385. The van der Waals surface area contributed by atoms with Crippen molar-refractivity contribution in [2.75, 3.05) is 11.9 Å². The molecule has 104 valence electrons. The molecule has 0 fully saturated rings. The van der Waals surface area contributed by atoms with Crippen LogP contribution in [0.4, 0.5) is 11.4 Å². The standard InChI is InChI=1S/C16H18N2O2/c1-13-15(10-5-11-16(13)18(19)20)17-12-6-9-14-7-3-2-4-8-14/h2-5,7-8,10-11,17H,6,9,12H2,1H3. The molecule has 0 bridgehead atoms. The van der Waals surface area contributed by atoms with Crippen molar-refractivity contribution in [1.29, 1.82) is 0 Å². The van der Waals surface area contributed by atoms with Gasteiger partial charge in [0.25, 0.3) is 5.69 Å². The van der Waals surface area contributed by atoms with Crippen LogP contribution in [0, 0.1) is 17.0 Å². The predicted octanol–water partition coefficient (Wildman–Crippen LogP) is 3.95. The number of nitrogens with zero attached hydrogens (tertiary/aromatic N) is 1. The van der Waals surface area contributed by atoms with E-state index in [9.17, 15) is 10.1 Å². The highest BCUT2D eigenvalue weighted by atomic mass is 16.6. The van der Waals surface area contributed by atoms with Gasteiger partial charge in [0.05, 0.1) is 4.92 Å². The van der Waals surface area contributed by atoms with Crippen LogP contribution in [0.5, 0.6) is 0 Å². The third-order valence-corrected chi connectivity index (χ3v) is 3.30. The first-order valence-electron chi connectivity index (χ1n) is 6.70. The minimum Gasteiger partial charge on any atom is -0.385 e. The van der Waals surface area contributed by atoms with Gasteiger partial charge in [0.2, 0.25) is 0 Å². The third-order valence-electron chi connectivity index (χ3n) is 3.30. The van der Waals surface area contributed by atoms with Crippen LogP contribution in [0.3, 0.4) is 0 Å². The molecule has 0 aliphatic carbocycles. The smallest absolute Gasteiger partial charge is 0.274 e. The Hall–Kier alpha value is -2.36. The fourth-order valence-corrected chi connectivity index (χ4v) is 2.17. The van der Waals surface area contributed by atoms with Gasteiger partial charge in [-0.05, 0) is 31.4 Å². The van der Waals surface area contributed by atoms with Gasteiger partial charge in [-0.1, -0.05) is 36.4 Å². The molecule has 4 nitrogen and oxygen atoms in total. The molecule has 0 saturated carbocycles. The predicted molar refractivity (Wildman–Crippen MR) is 81.1 cm³/mol. The number of hydrogen-bond acceptors (Lipinski definition) is 3. The second-order valence-corrected chi connectivity index (χ2v) is 4.72. The van der Waals surface area contributed by atoms with Crippen molar-refractivity contribution < 1.29 is 4.92 Å². The normalized spacial score (nSPS) is 10.2. The van der Waals surface area contributed by atoms with Crippen molar-refractivity contribution in [2.45, 2.75) is 19.8 Å². The third kappa shape index (κ3) is 3.57. The Balaban J connectivity index is 1.88. The van der Waals surface area contributed by atoms with Gasteiger partial charge in [-0.2, -0.15) is 0 Å². The number of benzene rings is 2. The average molecular weight is 270 g/mol. The van der Waals surface area contributed by atoms with Crippen LogP contribution in [-0.4, -0.2) is 11.5 Å². The van der Waals surface area contributed by atoms with Crippen molar-refractivity contribution in [1.82, 2.24) is 0 Å². The van der Waals surface area contributed by atoms with Crippen LogP contribution in [0.15, 0.2) is 48.5 Å². The lowest BCUT2D eigenvalue weighted by Gasteiger charge is -2.09. The molecular weight excluding hydrogens is 252 g/mol. The van der Waals surface area contributed by atoms with E-state index in [4.69, 9.17) is 0 Å². The van der Waals surface area contributed by atoms with Crippen LogP contribution < -0.4 is 5.32 Å². The number of nitro benzene ring substituents is 1. The van der Waals surface area contributed by atoms with Gasteiger partial charge in [0.15, 0.2) is 0 Å². The molecule has 2 rings (SSSR count). The lowest BCUT2D eigenvalue weighted by atomic mass is 10.1. The summed E-state index contributed by atoms with van der Waals surface area (Å²) in [6, 6.07) is 15.4. The lowest BCUT2D eigenvalue weighted by Crippen LogP contribution is -2.05. The average Bonchev–Trinajstić information content (AvgIpc) is 2.46. The van der Waals surface area contributed by atoms with E-state index in [1.165, 1.54) is 11.6 Å². The second kappa shape index (κ2) is 6.70. The van der Waals surface area contributed by atoms with Crippen molar-refractivity contribution >= 4 is 11.4 Å². The van der Waals surface area contributed by atoms with Crippen molar-refractivity contribution in [3.05, 3.63) is 69.8 Å². The molecule has 4 heteroatoms. The molecule has 0 radical (unpaired) electrons. The van der Waals surface area contributed by atoms with E-state index in [2.05, 4.69) is 17.4 Å². The van der Waals surface area contributed by atoms with Gasteiger partial charge in [-0.15, -0.1) is 0 Å². The van der Waals surface area contributed by atoms with Gasteiger partial charge in [0, 0.05) is 23.9 Å². The molecular formula is C16H18N2O2. The Morgan fingerprint density at radius 2 is 1.85 bits per heavy atom. The molecule has 1 N–H and O–H groups in total. The summed E-state index contributed by atoms with van der Waals surface area (Å²) in [5.41, 5.74) is 3.01. The first-order valence-corrected chi connectivity index (χ1v) is 6.70. The van der Waals surface area contributed by atoms with E-state index in [1.54, 1.807) is 13.0 Å². The summed E-state index contributed by atoms with van der Waals surface area (Å²) in [6.45, 7) is 2.58. The van der Waals surface area contributed by atoms with E-state index >= 15 is 0 Å². The molecule has 0 unspecified atom stereocenters. The van der Waals surface area contributed by atoms with Gasteiger partial charge < -0.3 is 5.32 Å². The number of anilines is 1. The fraction of sp³-hybridized carbons (Fsp3) is 0.250. The van der Waals surface area contributed by atoms with Crippen LogP contribution >= 0.6 is 0 Å². The Labute approximate surface area is 118 Å². The van der Waals surface area contributed by atoms with E-state index < -0.39 is 0 Å². The van der Waals surface area contributed by atoms with Crippen LogP contribution in [0.1, 0.15) is 17.5 Å². The first-order chi connectivity index (χ1) is 9.68. The maximum Gasteiger partial charge on any atom is 0.274 e. The molecule has 0 spiro atoms. The Kier molecular flexibility index (Phi) is 4.71. The zero-order valence-electron chi connectivity index (χ0n) is 11.5. The maximum absolute atomic E-state index is 10.9. The quantitative estimate of drug-likeness (QED) is 0.491. The molecule has 0 aliphatic rings. The SMILES string of the molecule is Cc1c(NCCCc2ccccc2)cccc1[N+](=O)[O-]. The Morgan fingerprint density at radius 1 is 1.10 bits per heavy atom. The summed E-state index contributed by atoms with van der Waals surface area (Å²) in [5, 5.41) is 14.1. The van der Waals surface area contributed by atoms with Gasteiger partial charge in [-0.3, -0.25) is 10.1 Å². The Morgan fingerprint density at radius 3 is 2.55 bits per heavy atom. The topological polar surface area (TPSA) is 55.2 Å². The summed E-state index contributed by atoms with van der Waals surface area (Å²) in [7, 11) is 0. The van der Waals surface area contributed by atoms with Crippen LogP contribution in [0.2, 0.25) is 0 Å². The second-order valence-electron chi connectivity index (χ2n) is 4.72. The summed E-state index contributed by atoms with van der Waals surface area (Å²) in [4.78, 5) is 10.5. The molecule has 20 heavy (non-hydrogen) atoms. The van der Waals surface area contributed by atoms with Crippen molar-refractivity contribution in [2.24, 2.45) is 0 Å². The highest BCUT2D eigenvalue weighted by Gasteiger charge is 2.12. The number of rotatable bonds is 6. The zero-order valence-corrected chi connectivity index (χ0v) is 11.5. The summed E-state index contributed by atoms with van der Waals surface area (Å²) < 4.78 is 0. The molecule has 0 aromatic heterocycles. The number of nitro groups is 1. The highest BCUT2D eigenvalue weighted by molar-refractivity contribution is 5.59. The first kappa shape index (κ1) is 14.1. The minimum absolute atomic E-state index is 0.165. The van der Waals surface area contributed by atoms with Crippen LogP contribution in [0.25, 0.3) is 0 Å². The van der Waals surface area contributed by atoms with E-state index in [1.807, 2.05) is 24.3 Å². The molecule has 2 aromatic rings. The molecule has 2 aromatic carbocycles. The van der Waals surface area contributed by atoms with E-state index in [-0.39, 0.29) is 10.6 Å². The largest absolute Gasteiger partial charge is 0.385 e. The van der Waals surface area contributed by atoms with E-state index in [0.717, 1.165) is 25.1 Å². The minimum atomic E-state index is -0.343. The maximum atomic E-state index is 10.9. The zero-order chi connectivity index (χ0) is 14.4. The molecule has 0 amide bonds. The monoisotopic (exact) mass is 270 g/mol. The molecule has 0 aliphatic heterocycles. The van der Waals surface area contributed by atoms with Gasteiger partial charge in [-0.25, -0.2) is 0 Å². The number of nitrogens with one attached hydrogen (secondary N) is 1. The van der Waals surface area contributed by atoms with Crippen molar-refractivity contribution in [3.8, 4) is 0 Å². The van der Waals surface area contributed by atoms with Gasteiger partial charge >= 0.3 is 0 Å². The number of aryl methyl sites for hydroxylation is 1. The number of hydrogen-bond donors (Lipinski definition) is 1. The molecule has 0 atom stereocenters. The molecule has 0 saturated heterocycles. The van der Waals surface area contributed by atoms with E-state index in [0.29, 0.717) is 5.56 Å². The summed E-state index contributed by atoms with van der Waals surface area (Å²) in [6.07, 6.45) is 1.99. The highest BCUT2D eigenvalue weighted by Crippen LogP contribution is 2.24. The van der Waals surface area contributed by atoms with Crippen molar-refractivity contribution in [3.63, 3.8) is 0 Å². The summed E-state index contributed by atoms with van der Waals surface area (Å²) >= 11 is 0. The summed E-state index contributed by atoms with van der Waals surface area (Å²) in [5.74, 6) is 0. The van der Waals surface area contributed by atoms with Gasteiger partial charge in [0.1, 0.15) is 0 Å². The van der Waals surface area contributed by atoms with Crippen LogP contribution in [-0.2, 0) is 6.42 Å². The molecule has 0 heterocycles. The fourth-order valence-electron chi connectivity index (χ4n) is 2.17.